The molecule has 7 N–H and O–H groups in total. The maximum atomic E-state index is 13.1. The fourth-order valence-corrected chi connectivity index (χ4v) is 8.12. The number of rotatable bonds is 41. The maximum Gasteiger partial charge on any atom is 0.397 e. The third kappa shape index (κ3) is 30.4. The number of ether oxygens (including phenoxy) is 2. The molecular formula is C48H89NO12S. The first kappa shape index (κ1) is 58.3. The number of nitrogens with one attached hydrogen (secondary N) is 1. The number of aliphatic hydroxyl groups is 5. The molecule has 8 atom stereocenters. The zero-order valence-electron chi connectivity index (χ0n) is 38.5. The molecule has 13 nitrogen and oxygen atoms in total. The number of unbranched alkanes of at least 4 members (excludes halogenated alkanes) is 24. The number of hydrogen-bond acceptors (Lipinski definition) is 11. The van der Waals surface area contributed by atoms with Crippen molar-refractivity contribution in [1.82, 2.24) is 5.32 Å². The SMILES string of the molecule is CCCCC/C=C/CC/C=C/CC/C=C/C(O)C(COC1OC(CO)C(O)C(OS(=O)(=O)O)C1O)NC(=O)C(O)CCCCCCCCCCCCCCCCCCCCCC. The number of allylic oxidation sites excluding steroid dienone is 5. The zero-order chi connectivity index (χ0) is 45.7. The Bertz CT molecular complexity index is 1260. The highest BCUT2D eigenvalue weighted by Gasteiger charge is 2.48. The molecule has 1 rings (SSSR count). The Balaban J connectivity index is 2.52. The van der Waals surface area contributed by atoms with Gasteiger partial charge in [-0.05, 0) is 44.9 Å². The predicted octanol–water partition coefficient (Wildman–Crippen LogP) is 8.86. The molecule has 364 valence electrons. The summed E-state index contributed by atoms with van der Waals surface area (Å²) >= 11 is 0. The molecule has 1 aliphatic rings. The first-order valence-corrected chi connectivity index (χ1v) is 25.8. The van der Waals surface area contributed by atoms with Crippen LogP contribution in [0.15, 0.2) is 36.5 Å². The van der Waals surface area contributed by atoms with Crippen LogP contribution in [0.5, 0.6) is 0 Å². The summed E-state index contributed by atoms with van der Waals surface area (Å²) in [7, 11) is -5.12. The molecule has 1 aliphatic heterocycles. The van der Waals surface area contributed by atoms with Crippen molar-refractivity contribution >= 4 is 16.3 Å². The van der Waals surface area contributed by atoms with Gasteiger partial charge in [0.25, 0.3) is 0 Å². The smallest absolute Gasteiger partial charge is 0.394 e. The quantitative estimate of drug-likeness (QED) is 0.0174. The van der Waals surface area contributed by atoms with E-state index in [-0.39, 0.29) is 6.42 Å². The van der Waals surface area contributed by atoms with Gasteiger partial charge < -0.3 is 40.3 Å². The Labute approximate surface area is 376 Å². The molecule has 0 aromatic heterocycles. The van der Waals surface area contributed by atoms with Gasteiger partial charge >= 0.3 is 10.4 Å². The van der Waals surface area contributed by atoms with Crippen LogP contribution in [-0.4, -0.2) is 107 Å². The summed E-state index contributed by atoms with van der Waals surface area (Å²) in [6.07, 6.45) is 33.8. The van der Waals surface area contributed by atoms with Crippen LogP contribution in [-0.2, 0) is 28.9 Å². The van der Waals surface area contributed by atoms with E-state index < -0.39 is 78.5 Å². The molecule has 0 spiro atoms. The lowest BCUT2D eigenvalue weighted by atomic mass is 9.99. The largest absolute Gasteiger partial charge is 0.397 e. The predicted molar refractivity (Wildman–Crippen MR) is 247 cm³/mol. The molecule has 1 heterocycles. The molecule has 0 radical (unpaired) electrons. The van der Waals surface area contributed by atoms with Gasteiger partial charge in [0.1, 0.15) is 30.5 Å². The van der Waals surface area contributed by atoms with Crippen molar-refractivity contribution in [3.05, 3.63) is 36.5 Å². The first-order valence-electron chi connectivity index (χ1n) is 24.5. The molecule has 0 saturated carbocycles. The number of amides is 1. The normalized spacial score (nSPS) is 21.3. The number of carbonyl (C=O) groups is 1. The minimum absolute atomic E-state index is 0.237. The highest BCUT2D eigenvalue weighted by Crippen LogP contribution is 2.26. The molecular weight excluding hydrogens is 815 g/mol. The Morgan fingerprint density at radius 1 is 0.645 bits per heavy atom. The minimum Gasteiger partial charge on any atom is -0.394 e. The van der Waals surface area contributed by atoms with Crippen molar-refractivity contribution in [2.75, 3.05) is 13.2 Å². The van der Waals surface area contributed by atoms with Crippen LogP contribution in [0.25, 0.3) is 0 Å². The minimum atomic E-state index is -5.12. The average molecular weight is 904 g/mol. The molecule has 0 aliphatic carbocycles. The third-order valence-corrected chi connectivity index (χ3v) is 12.0. The van der Waals surface area contributed by atoms with Gasteiger partial charge in [-0.2, -0.15) is 8.42 Å². The summed E-state index contributed by atoms with van der Waals surface area (Å²) in [4.78, 5) is 13.1. The van der Waals surface area contributed by atoms with Gasteiger partial charge in [0.05, 0.1) is 25.4 Å². The van der Waals surface area contributed by atoms with E-state index in [4.69, 9.17) is 9.47 Å². The Hall–Kier alpha value is -1.72. The van der Waals surface area contributed by atoms with E-state index in [0.29, 0.717) is 12.8 Å². The van der Waals surface area contributed by atoms with Crippen LogP contribution >= 0.6 is 0 Å². The second kappa shape index (κ2) is 38.5. The van der Waals surface area contributed by atoms with Gasteiger partial charge in [0.2, 0.25) is 5.91 Å². The Kier molecular flexibility index (Phi) is 36.2. The molecule has 0 aromatic rings. The molecule has 8 unspecified atom stereocenters. The highest BCUT2D eigenvalue weighted by molar-refractivity contribution is 7.80. The Morgan fingerprint density at radius 2 is 1.08 bits per heavy atom. The highest BCUT2D eigenvalue weighted by atomic mass is 32.3. The average Bonchev–Trinajstić information content (AvgIpc) is 3.24. The lowest BCUT2D eigenvalue weighted by Crippen LogP contribution is -2.61. The topological polar surface area (TPSA) is 212 Å². The number of hydrogen-bond donors (Lipinski definition) is 7. The van der Waals surface area contributed by atoms with Crippen molar-refractivity contribution in [3.8, 4) is 0 Å². The van der Waals surface area contributed by atoms with Crippen LogP contribution in [0.4, 0.5) is 0 Å². The third-order valence-electron chi connectivity index (χ3n) is 11.5. The molecule has 0 bridgehead atoms. The molecule has 1 fully saturated rings. The first-order chi connectivity index (χ1) is 29.9. The number of carbonyl (C=O) groups excluding carboxylic acids is 1. The van der Waals surface area contributed by atoms with Crippen molar-refractivity contribution < 1.29 is 57.0 Å². The summed E-state index contributed by atoms with van der Waals surface area (Å²) < 4.78 is 47.5. The van der Waals surface area contributed by atoms with Gasteiger partial charge in [-0.25, -0.2) is 4.18 Å². The lowest BCUT2D eigenvalue weighted by Gasteiger charge is -2.41. The van der Waals surface area contributed by atoms with E-state index >= 15 is 0 Å². The van der Waals surface area contributed by atoms with Gasteiger partial charge in [0.15, 0.2) is 6.29 Å². The fourth-order valence-electron chi connectivity index (χ4n) is 7.61. The van der Waals surface area contributed by atoms with Gasteiger partial charge in [-0.1, -0.05) is 192 Å². The summed E-state index contributed by atoms with van der Waals surface area (Å²) in [5.41, 5.74) is 0. The van der Waals surface area contributed by atoms with E-state index in [1.807, 2.05) is 0 Å². The van der Waals surface area contributed by atoms with Crippen molar-refractivity contribution in [1.29, 1.82) is 0 Å². The van der Waals surface area contributed by atoms with Crippen LogP contribution in [0.3, 0.4) is 0 Å². The number of aliphatic hydroxyl groups excluding tert-OH is 5. The van der Waals surface area contributed by atoms with Crippen LogP contribution in [0, 0.1) is 0 Å². The molecule has 1 amide bonds. The fraction of sp³-hybridized carbons (Fsp3) is 0.854. The second-order valence-corrected chi connectivity index (χ2v) is 18.2. The Morgan fingerprint density at radius 3 is 1.55 bits per heavy atom. The van der Waals surface area contributed by atoms with Crippen LogP contribution < -0.4 is 5.32 Å². The van der Waals surface area contributed by atoms with Gasteiger partial charge in [0, 0.05) is 0 Å². The van der Waals surface area contributed by atoms with E-state index in [0.717, 1.165) is 44.9 Å². The van der Waals surface area contributed by atoms with E-state index in [9.17, 15) is 43.3 Å². The van der Waals surface area contributed by atoms with E-state index in [2.05, 4.69) is 47.7 Å². The lowest BCUT2D eigenvalue weighted by molar-refractivity contribution is -0.298. The molecule has 1 saturated heterocycles. The second-order valence-electron chi connectivity index (χ2n) is 17.2. The van der Waals surface area contributed by atoms with Crippen molar-refractivity contribution in [2.45, 2.75) is 249 Å². The molecule has 0 aromatic carbocycles. The van der Waals surface area contributed by atoms with E-state index in [1.54, 1.807) is 6.08 Å². The zero-order valence-corrected chi connectivity index (χ0v) is 39.4. The maximum absolute atomic E-state index is 13.1. The monoisotopic (exact) mass is 904 g/mol. The summed E-state index contributed by atoms with van der Waals surface area (Å²) in [5, 5.41) is 55.2. The van der Waals surface area contributed by atoms with Crippen molar-refractivity contribution in [3.63, 3.8) is 0 Å². The molecule has 14 heteroatoms. The van der Waals surface area contributed by atoms with E-state index in [1.165, 1.54) is 128 Å². The van der Waals surface area contributed by atoms with Crippen molar-refractivity contribution in [2.24, 2.45) is 0 Å². The van der Waals surface area contributed by atoms with Gasteiger partial charge in [-0.3, -0.25) is 9.35 Å². The summed E-state index contributed by atoms with van der Waals surface area (Å²) in [6, 6.07) is -1.14. The van der Waals surface area contributed by atoms with Gasteiger partial charge in [-0.15, -0.1) is 0 Å². The van der Waals surface area contributed by atoms with Crippen LogP contribution in [0.1, 0.15) is 200 Å². The summed E-state index contributed by atoms with van der Waals surface area (Å²) in [6.45, 7) is 3.17. The van der Waals surface area contributed by atoms with Crippen LogP contribution in [0.2, 0.25) is 0 Å². The summed E-state index contributed by atoms with van der Waals surface area (Å²) in [5.74, 6) is -0.715. The molecule has 62 heavy (non-hydrogen) atoms. The standard InChI is InChI=1S/C48H89NO12S/c1-3-5-7-9-11-13-15-17-18-19-20-21-22-23-25-27-29-31-33-35-37-42(52)47(55)49-40(41(51)36-34-32-30-28-26-24-16-14-12-10-8-6-4-2)39-59-48-45(54)46(61-62(56,57)58)44(53)43(38-50)60-48/h12,14,26,28,34,36,40-46,48,50-54H,3-11,13,15-25,27,29-33,35,37-39H2,1-2H3,(H,49,55)(H,56,57,58)/b14-12+,28-26+,36-34+.